The molecule has 138 valence electrons. The molecule has 2 rings (SSSR count). The van der Waals surface area contributed by atoms with Crippen LogP contribution >= 0.6 is 11.3 Å². The first-order valence-corrected chi connectivity index (χ1v) is 9.69. The van der Waals surface area contributed by atoms with Crippen LogP contribution in [0.2, 0.25) is 0 Å². The van der Waals surface area contributed by atoms with Gasteiger partial charge in [0.25, 0.3) is 0 Å². The largest absolute Gasteiger partial charge is 0.337 e. The summed E-state index contributed by atoms with van der Waals surface area (Å²) in [6.07, 6.45) is 2.02. The maximum absolute atomic E-state index is 11.5. The van der Waals surface area contributed by atoms with Crippen LogP contribution in [-0.4, -0.2) is 44.2 Å². The molecule has 0 aliphatic heterocycles. The van der Waals surface area contributed by atoms with Crippen molar-refractivity contribution in [2.24, 2.45) is 0 Å². The summed E-state index contributed by atoms with van der Waals surface area (Å²) in [6, 6.07) is 12.6. The average Bonchev–Trinajstić information content (AvgIpc) is 3.08. The third kappa shape index (κ3) is 10.6. The fraction of sp³-hybridized carbons (Fsp3) is 0.450. The summed E-state index contributed by atoms with van der Waals surface area (Å²) in [4.78, 5) is 13.6. The van der Waals surface area contributed by atoms with Gasteiger partial charge in [-0.1, -0.05) is 37.3 Å². The molecule has 2 aromatic rings. The minimum absolute atomic E-state index is 0.0884. The van der Waals surface area contributed by atoms with Gasteiger partial charge in [0, 0.05) is 19.1 Å². The summed E-state index contributed by atoms with van der Waals surface area (Å²) in [6.45, 7) is 5.70. The number of nitrogens with zero attached hydrogens (tertiary/aromatic N) is 1. The monoisotopic (exact) mass is 361 g/mol. The molecule has 1 unspecified atom stereocenters. The van der Waals surface area contributed by atoms with Crippen molar-refractivity contribution in [1.29, 1.82) is 0 Å². The minimum Gasteiger partial charge on any atom is -0.337 e. The molecule has 2 N–H and O–H groups in total. The average molecular weight is 362 g/mol. The van der Waals surface area contributed by atoms with Gasteiger partial charge in [0.15, 0.2) is 0 Å². The molecule has 0 spiro atoms. The second-order valence-electron chi connectivity index (χ2n) is 6.28. The highest BCUT2D eigenvalue weighted by molar-refractivity contribution is 7.07. The van der Waals surface area contributed by atoms with Gasteiger partial charge in [0.1, 0.15) is 0 Å². The highest BCUT2D eigenvalue weighted by Gasteiger charge is 2.07. The van der Waals surface area contributed by atoms with E-state index in [-0.39, 0.29) is 12.1 Å². The van der Waals surface area contributed by atoms with Gasteiger partial charge in [-0.15, -0.1) is 0 Å². The van der Waals surface area contributed by atoms with E-state index in [2.05, 4.69) is 58.6 Å². The maximum atomic E-state index is 11.5. The number of carbonyl (C=O) groups is 1. The van der Waals surface area contributed by atoms with Gasteiger partial charge in [-0.05, 0) is 61.8 Å². The van der Waals surface area contributed by atoms with Crippen molar-refractivity contribution >= 4 is 17.4 Å². The quantitative estimate of drug-likeness (QED) is 0.788. The lowest BCUT2D eigenvalue weighted by Crippen LogP contribution is -2.43. The molecule has 1 atom stereocenters. The van der Waals surface area contributed by atoms with E-state index in [0.29, 0.717) is 6.54 Å². The number of hydrogen-bond donors (Lipinski definition) is 2. The third-order valence-corrected chi connectivity index (χ3v) is 4.33. The van der Waals surface area contributed by atoms with Crippen LogP contribution in [-0.2, 0) is 12.8 Å². The first kappa shape index (κ1) is 21.2. The Morgan fingerprint density at radius 2 is 1.88 bits per heavy atom. The molecule has 0 saturated heterocycles. The summed E-state index contributed by atoms with van der Waals surface area (Å²) in [5.41, 5.74) is 2.68. The molecule has 5 heteroatoms. The SMILES string of the molecule is CC(Cc1ccsc1)NC(=O)NCCN(C)C.CCc1ccccc1. The molecule has 0 fully saturated rings. The molecular weight excluding hydrogens is 330 g/mol. The van der Waals surface area contributed by atoms with E-state index in [1.165, 1.54) is 11.1 Å². The first-order valence-electron chi connectivity index (χ1n) is 8.75. The minimum atomic E-state index is -0.0884. The summed E-state index contributed by atoms with van der Waals surface area (Å²) >= 11 is 1.68. The normalized spacial score (nSPS) is 11.4. The summed E-state index contributed by atoms with van der Waals surface area (Å²) < 4.78 is 0. The number of amides is 2. The molecule has 0 saturated carbocycles. The third-order valence-electron chi connectivity index (χ3n) is 3.60. The van der Waals surface area contributed by atoms with Crippen LogP contribution in [0.5, 0.6) is 0 Å². The standard InChI is InChI=1S/C12H21N3OS.C8H10/c1-10(8-11-4-7-17-9-11)14-12(16)13-5-6-15(2)3;1-2-8-6-4-3-5-7-8/h4,7,9-10H,5-6,8H2,1-3H3,(H2,13,14,16);3-7H,2H2,1H3. The fourth-order valence-corrected chi connectivity index (χ4v) is 2.88. The van der Waals surface area contributed by atoms with Crippen LogP contribution < -0.4 is 10.6 Å². The van der Waals surface area contributed by atoms with Crippen molar-refractivity contribution in [3.05, 3.63) is 58.3 Å². The number of rotatable bonds is 7. The molecular formula is C20H31N3OS. The molecule has 4 nitrogen and oxygen atoms in total. The van der Waals surface area contributed by atoms with E-state index < -0.39 is 0 Å². The van der Waals surface area contributed by atoms with E-state index in [0.717, 1.165) is 19.4 Å². The van der Waals surface area contributed by atoms with Crippen LogP contribution in [0.1, 0.15) is 25.0 Å². The van der Waals surface area contributed by atoms with E-state index in [1.54, 1.807) is 11.3 Å². The lowest BCUT2D eigenvalue weighted by Gasteiger charge is -2.15. The van der Waals surface area contributed by atoms with Gasteiger partial charge in [0.05, 0.1) is 0 Å². The smallest absolute Gasteiger partial charge is 0.315 e. The van der Waals surface area contributed by atoms with Crippen molar-refractivity contribution in [2.45, 2.75) is 32.7 Å². The Kier molecular flexibility index (Phi) is 10.6. The molecule has 1 aromatic carbocycles. The summed E-state index contributed by atoms with van der Waals surface area (Å²) in [5.74, 6) is 0. The number of benzene rings is 1. The Labute approximate surface area is 156 Å². The molecule has 1 aromatic heterocycles. The number of aryl methyl sites for hydroxylation is 1. The highest BCUT2D eigenvalue weighted by atomic mass is 32.1. The number of urea groups is 1. The molecule has 0 radical (unpaired) electrons. The predicted molar refractivity (Wildman–Crippen MR) is 108 cm³/mol. The van der Waals surface area contributed by atoms with Gasteiger partial charge >= 0.3 is 6.03 Å². The first-order chi connectivity index (χ1) is 12.0. The molecule has 0 aliphatic rings. The van der Waals surface area contributed by atoms with Crippen molar-refractivity contribution in [3.63, 3.8) is 0 Å². The van der Waals surface area contributed by atoms with Gasteiger partial charge in [-0.3, -0.25) is 0 Å². The molecule has 25 heavy (non-hydrogen) atoms. The number of thiophene rings is 1. The Morgan fingerprint density at radius 3 is 2.40 bits per heavy atom. The van der Waals surface area contributed by atoms with E-state index in [4.69, 9.17) is 0 Å². The number of likely N-dealkylation sites (N-methyl/N-ethyl adjacent to an activating group) is 1. The summed E-state index contributed by atoms with van der Waals surface area (Å²) in [5, 5.41) is 9.93. The molecule has 0 bridgehead atoms. The van der Waals surface area contributed by atoms with E-state index in [9.17, 15) is 4.79 Å². The lowest BCUT2D eigenvalue weighted by molar-refractivity contribution is 0.236. The Balaban J connectivity index is 0.000000324. The van der Waals surface area contributed by atoms with Gasteiger partial charge < -0.3 is 15.5 Å². The van der Waals surface area contributed by atoms with Crippen molar-refractivity contribution in [3.8, 4) is 0 Å². The van der Waals surface area contributed by atoms with Gasteiger partial charge in [0.2, 0.25) is 0 Å². The topological polar surface area (TPSA) is 44.4 Å². The van der Waals surface area contributed by atoms with Crippen molar-refractivity contribution in [2.75, 3.05) is 27.2 Å². The van der Waals surface area contributed by atoms with Crippen LogP contribution in [0, 0.1) is 0 Å². The van der Waals surface area contributed by atoms with E-state index >= 15 is 0 Å². The number of nitrogens with one attached hydrogen (secondary N) is 2. The van der Waals surface area contributed by atoms with E-state index in [1.807, 2.05) is 32.0 Å². The highest BCUT2D eigenvalue weighted by Crippen LogP contribution is 2.08. The van der Waals surface area contributed by atoms with Gasteiger partial charge in [-0.2, -0.15) is 11.3 Å². The van der Waals surface area contributed by atoms with Crippen LogP contribution in [0.15, 0.2) is 47.2 Å². The molecule has 1 heterocycles. The van der Waals surface area contributed by atoms with Crippen LogP contribution in [0.25, 0.3) is 0 Å². The Hall–Kier alpha value is -1.85. The second-order valence-corrected chi connectivity index (χ2v) is 7.06. The fourth-order valence-electron chi connectivity index (χ4n) is 2.19. The van der Waals surface area contributed by atoms with Gasteiger partial charge in [-0.25, -0.2) is 4.79 Å². The van der Waals surface area contributed by atoms with Crippen molar-refractivity contribution in [1.82, 2.24) is 15.5 Å². The second kappa shape index (κ2) is 12.5. The summed E-state index contributed by atoms with van der Waals surface area (Å²) in [7, 11) is 3.97. The van der Waals surface area contributed by atoms with Crippen LogP contribution in [0.4, 0.5) is 4.79 Å². The Bertz CT molecular complexity index is 570. The maximum Gasteiger partial charge on any atom is 0.315 e. The number of carbonyl (C=O) groups excluding carboxylic acids is 1. The Morgan fingerprint density at radius 1 is 1.16 bits per heavy atom. The molecule has 2 amide bonds. The van der Waals surface area contributed by atoms with Crippen LogP contribution in [0.3, 0.4) is 0 Å². The zero-order valence-corrected chi connectivity index (χ0v) is 16.6. The van der Waals surface area contributed by atoms with Crippen molar-refractivity contribution < 1.29 is 4.79 Å². The number of hydrogen-bond acceptors (Lipinski definition) is 3. The zero-order valence-electron chi connectivity index (χ0n) is 15.8. The predicted octanol–water partition coefficient (Wildman–Crippen LogP) is 3.79. The molecule has 0 aliphatic carbocycles. The zero-order chi connectivity index (χ0) is 18.5. The lowest BCUT2D eigenvalue weighted by atomic mass is 10.1.